The Kier molecular flexibility index (Phi) is 5.27. The molecule has 0 spiro atoms. The summed E-state index contributed by atoms with van der Waals surface area (Å²) in [6, 6.07) is 10.5. The standard InChI is InChI=1S/C18H16ClN3O5/c1-2-15-18(24)21(10-17(23)20-12-5-3-11(19)4-6-12)14-9-13(22(25)26)7-8-16(14)27-15/h3-9,15H,2,10H2,1H3,(H,20,23). The molecule has 0 saturated carbocycles. The van der Waals surface area contributed by atoms with E-state index in [1.807, 2.05) is 0 Å². The summed E-state index contributed by atoms with van der Waals surface area (Å²) in [7, 11) is 0. The maximum absolute atomic E-state index is 12.7. The van der Waals surface area contributed by atoms with Crippen molar-refractivity contribution >= 4 is 40.5 Å². The van der Waals surface area contributed by atoms with E-state index in [1.165, 1.54) is 23.1 Å². The van der Waals surface area contributed by atoms with Crippen LogP contribution in [0.3, 0.4) is 0 Å². The summed E-state index contributed by atoms with van der Waals surface area (Å²) in [6.07, 6.45) is -0.341. The lowest BCUT2D eigenvalue weighted by Crippen LogP contribution is -2.48. The van der Waals surface area contributed by atoms with Crippen LogP contribution >= 0.6 is 11.6 Å². The molecule has 0 radical (unpaired) electrons. The molecule has 2 amide bonds. The smallest absolute Gasteiger partial charge is 0.271 e. The highest BCUT2D eigenvalue weighted by Gasteiger charge is 2.35. The van der Waals surface area contributed by atoms with E-state index in [4.69, 9.17) is 16.3 Å². The molecule has 0 bridgehead atoms. The SMILES string of the molecule is CCC1Oc2ccc([N+](=O)[O-])cc2N(CC(=O)Nc2ccc(Cl)cc2)C1=O. The number of hydrogen-bond acceptors (Lipinski definition) is 5. The Morgan fingerprint density at radius 2 is 2.00 bits per heavy atom. The molecule has 0 aliphatic carbocycles. The summed E-state index contributed by atoms with van der Waals surface area (Å²) < 4.78 is 5.61. The van der Waals surface area contributed by atoms with Crippen LogP contribution in [0.5, 0.6) is 5.75 Å². The largest absolute Gasteiger partial charge is 0.478 e. The van der Waals surface area contributed by atoms with Crippen LogP contribution in [-0.4, -0.2) is 29.4 Å². The molecular formula is C18H16ClN3O5. The van der Waals surface area contributed by atoms with Crippen LogP contribution in [0, 0.1) is 10.1 Å². The number of ether oxygens (including phenoxy) is 1. The molecule has 8 nitrogen and oxygen atoms in total. The number of rotatable bonds is 5. The molecule has 1 aliphatic rings. The molecule has 1 aliphatic heterocycles. The quantitative estimate of drug-likeness (QED) is 0.623. The molecule has 1 heterocycles. The number of nitrogens with one attached hydrogen (secondary N) is 1. The molecule has 2 aromatic rings. The third kappa shape index (κ3) is 4.01. The molecule has 27 heavy (non-hydrogen) atoms. The van der Waals surface area contributed by atoms with Crippen molar-refractivity contribution in [3.63, 3.8) is 0 Å². The maximum Gasteiger partial charge on any atom is 0.271 e. The lowest BCUT2D eigenvalue weighted by atomic mass is 10.1. The predicted molar refractivity (Wildman–Crippen MR) is 100 cm³/mol. The fourth-order valence-corrected chi connectivity index (χ4v) is 2.85. The van der Waals surface area contributed by atoms with Crippen molar-refractivity contribution in [2.75, 3.05) is 16.8 Å². The lowest BCUT2D eigenvalue weighted by Gasteiger charge is -2.33. The van der Waals surface area contributed by atoms with Crippen molar-refractivity contribution in [3.05, 3.63) is 57.6 Å². The van der Waals surface area contributed by atoms with Gasteiger partial charge < -0.3 is 10.1 Å². The topological polar surface area (TPSA) is 102 Å². The zero-order chi connectivity index (χ0) is 19.6. The van der Waals surface area contributed by atoms with Crippen LogP contribution in [-0.2, 0) is 9.59 Å². The first kappa shape index (κ1) is 18.7. The van der Waals surface area contributed by atoms with Crippen LogP contribution in [0.4, 0.5) is 17.1 Å². The van der Waals surface area contributed by atoms with E-state index >= 15 is 0 Å². The Balaban J connectivity index is 1.87. The van der Waals surface area contributed by atoms with Crippen LogP contribution in [0.15, 0.2) is 42.5 Å². The van der Waals surface area contributed by atoms with E-state index in [1.54, 1.807) is 31.2 Å². The second-order valence-electron chi connectivity index (χ2n) is 5.90. The fourth-order valence-electron chi connectivity index (χ4n) is 2.72. The van der Waals surface area contributed by atoms with E-state index in [0.29, 0.717) is 22.9 Å². The molecule has 3 rings (SSSR count). The van der Waals surface area contributed by atoms with Crippen molar-refractivity contribution in [1.82, 2.24) is 0 Å². The van der Waals surface area contributed by atoms with Gasteiger partial charge in [-0.05, 0) is 36.8 Å². The van der Waals surface area contributed by atoms with E-state index in [2.05, 4.69) is 5.32 Å². The van der Waals surface area contributed by atoms with Gasteiger partial charge in [0.25, 0.3) is 11.6 Å². The van der Waals surface area contributed by atoms with E-state index in [0.717, 1.165) is 0 Å². The van der Waals surface area contributed by atoms with Gasteiger partial charge in [-0.2, -0.15) is 0 Å². The number of amides is 2. The molecule has 1 unspecified atom stereocenters. The Morgan fingerprint density at radius 3 is 2.63 bits per heavy atom. The summed E-state index contributed by atoms with van der Waals surface area (Å²) in [4.78, 5) is 36.8. The monoisotopic (exact) mass is 389 g/mol. The highest BCUT2D eigenvalue weighted by molar-refractivity contribution is 6.30. The molecular weight excluding hydrogens is 374 g/mol. The molecule has 9 heteroatoms. The van der Waals surface area contributed by atoms with Crippen LogP contribution in [0.1, 0.15) is 13.3 Å². The summed E-state index contributed by atoms with van der Waals surface area (Å²) in [5.74, 6) is -0.539. The van der Waals surface area contributed by atoms with Gasteiger partial charge in [-0.3, -0.25) is 24.6 Å². The molecule has 0 saturated heterocycles. The number of benzene rings is 2. The fraction of sp³-hybridized carbons (Fsp3) is 0.222. The minimum Gasteiger partial charge on any atom is -0.478 e. The van der Waals surface area contributed by atoms with Gasteiger partial charge in [0.15, 0.2) is 6.10 Å². The highest BCUT2D eigenvalue weighted by atomic mass is 35.5. The number of halogens is 1. The van der Waals surface area contributed by atoms with Gasteiger partial charge in [0.05, 0.1) is 10.6 Å². The second-order valence-corrected chi connectivity index (χ2v) is 6.34. The Labute approximate surface area is 159 Å². The highest BCUT2D eigenvalue weighted by Crippen LogP contribution is 2.37. The van der Waals surface area contributed by atoms with E-state index in [-0.39, 0.29) is 17.9 Å². The third-order valence-corrected chi connectivity index (χ3v) is 4.31. The number of nitro benzene ring substituents is 1. The first-order valence-corrected chi connectivity index (χ1v) is 8.58. The van der Waals surface area contributed by atoms with Gasteiger partial charge in [-0.1, -0.05) is 18.5 Å². The maximum atomic E-state index is 12.7. The molecule has 0 fully saturated rings. The van der Waals surface area contributed by atoms with Crippen molar-refractivity contribution in [1.29, 1.82) is 0 Å². The van der Waals surface area contributed by atoms with Crippen LogP contribution in [0.2, 0.25) is 5.02 Å². The third-order valence-electron chi connectivity index (χ3n) is 4.06. The van der Waals surface area contributed by atoms with Crippen LogP contribution < -0.4 is 15.0 Å². The average Bonchev–Trinajstić information content (AvgIpc) is 2.65. The minimum absolute atomic E-state index is 0.191. The summed E-state index contributed by atoms with van der Waals surface area (Å²) in [6.45, 7) is 1.49. The predicted octanol–water partition coefficient (Wildman–Crippen LogP) is 3.39. The number of fused-ring (bicyclic) bond motifs is 1. The van der Waals surface area contributed by atoms with Gasteiger partial charge in [0, 0.05) is 22.8 Å². The first-order valence-electron chi connectivity index (χ1n) is 8.21. The average molecular weight is 390 g/mol. The zero-order valence-electron chi connectivity index (χ0n) is 14.3. The van der Waals surface area contributed by atoms with E-state index < -0.39 is 22.8 Å². The van der Waals surface area contributed by atoms with Crippen molar-refractivity contribution < 1.29 is 19.2 Å². The Hall–Kier alpha value is -3.13. The van der Waals surface area contributed by atoms with Gasteiger partial charge in [-0.25, -0.2) is 0 Å². The van der Waals surface area contributed by atoms with Gasteiger partial charge in [0.2, 0.25) is 5.91 Å². The van der Waals surface area contributed by atoms with Gasteiger partial charge in [-0.15, -0.1) is 0 Å². The van der Waals surface area contributed by atoms with E-state index in [9.17, 15) is 19.7 Å². The zero-order valence-corrected chi connectivity index (χ0v) is 15.1. The lowest BCUT2D eigenvalue weighted by molar-refractivity contribution is -0.384. The van der Waals surface area contributed by atoms with Gasteiger partial charge >= 0.3 is 0 Å². The normalized spacial score (nSPS) is 15.7. The second kappa shape index (κ2) is 7.63. The number of nitro groups is 1. The molecule has 0 aromatic heterocycles. The van der Waals surface area contributed by atoms with Crippen LogP contribution in [0.25, 0.3) is 0 Å². The minimum atomic E-state index is -0.748. The molecule has 2 aromatic carbocycles. The number of anilines is 2. The van der Waals surface area contributed by atoms with Gasteiger partial charge in [0.1, 0.15) is 12.3 Å². The summed E-state index contributed by atoms with van der Waals surface area (Å²) >= 11 is 5.82. The summed E-state index contributed by atoms with van der Waals surface area (Å²) in [5.41, 5.74) is 0.532. The molecule has 1 N–H and O–H groups in total. The Bertz CT molecular complexity index is 900. The van der Waals surface area contributed by atoms with Crippen molar-refractivity contribution in [2.45, 2.75) is 19.4 Å². The van der Waals surface area contributed by atoms with Crippen molar-refractivity contribution in [3.8, 4) is 5.75 Å². The first-order chi connectivity index (χ1) is 12.9. The number of nitrogens with zero attached hydrogens (tertiary/aromatic N) is 2. The van der Waals surface area contributed by atoms with Crippen molar-refractivity contribution in [2.24, 2.45) is 0 Å². The number of carbonyl (C=O) groups excluding carboxylic acids is 2. The number of hydrogen-bond donors (Lipinski definition) is 1. The number of non-ortho nitro benzene ring substituents is 1. The molecule has 1 atom stereocenters. The molecule has 140 valence electrons. The summed E-state index contributed by atoms with van der Waals surface area (Å²) in [5, 5.41) is 14.3. The number of carbonyl (C=O) groups is 2. The Morgan fingerprint density at radius 1 is 1.30 bits per heavy atom.